The number of benzene rings is 4. The third-order valence-corrected chi connectivity index (χ3v) is 7.70. The molecule has 1 aliphatic heterocycles. The van der Waals surface area contributed by atoms with Crippen molar-refractivity contribution in [3.8, 4) is 11.5 Å². The first-order valence-corrected chi connectivity index (χ1v) is 14.2. The Kier molecular flexibility index (Phi) is 9.33. The lowest BCUT2D eigenvalue weighted by Crippen LogP contribution is -2.45. The van der Waals surface area contributed by atoms with E-state index in [9.17, 15) is 14.7 Å². The smallest absolute Gasteiger partial charge is 0.417 e. The number of halogens is 1. The van der Waals surface area contributed by atoms with Gasteiger partial charge in [0.05, 0.1) is 6.04 Å². The highest BCUT2D eigenvalue weighted by molar-refractivity contribution is 9.10. The number of aliphatic hydroxyl groups excluding tert-OH is 1. The van der Waals surface area contributed by atoms with Crippen LogP contribution in [0.5, 0.6) is 11.5 Å². The highest BCUT2D eigenvalue weighted by atomic mass is 79.9. The van der Waals surface area contributed by atoms with Crippen LogP contribution in [-0.4, -0.2) is 39.5 Å². The first-order chi connectivity index (χ1) is 20.0. The minimum absolute atomic E-state index is 0.0974. The third kappa shape index (κ3) is 7.14. The van der Waals surface area contributed by atoms with E-state index in [1.54, 1.807) is 18.2 Å². The molecule has 0 aliphatic carbocycles. The summed E-state index contributed by atoms with van der Waals surface area (Å²) < 4.78 is 17.4. The Balaban J connectivity index is 1.33. The molecule has 5 rings (SSSR count). The number of cyclic esters (lactones) is 1. The Labute approximate surface area is 247 Å². The predicted octanol–water partition coefficient (Wildman–Crippen LogP) is 6.23. The molecular weight excluding hydrogens is 586 g/mol. The summed E-state index contributed by atoms with van der Waals surface area (Å²) in [6, 6.07) is 33.7. The zero-order valence-corrected chi connectivity index (χ0v) is 23.9. The molecule has 1 fully saturated rings. The summed E-state index contributed by atoms with van der Waals surface area (Å²) in [5.41, 5.74) is 3.38. The van der Waals surface area contributed by atoms with Crippen LogP contribution in [0.4, 0.5) is 4.79 Å². The fourth-order valence-electron chi connectivity index (χ4n) is 4.62. The zero-order valence-electron chi connectivity index (χ0n) is 22.3. The van der Waals surface area contributed by atoms with Crippen LogP contribution in [0, 0.1) is 0 Å². The highest BCUT2D eigenvalue weighted by Crippen LogP contribution is 2.35. The molecule has 0 unspecified atom stereocenters. The number of rotatable bonds is 11. The molecule has 2 amide bonds. The largest absolute Gasteiger partial charge is 0.485 e. The fourth-order valence-corrected chi connectivity index (χ4v) is 5.14. The molecular formula is C33H30BrNO6. The van der Waals surface area contributed by atoms with Crippen LogP contribution in [-0.2, 0) is 29.2 Å². The number of imide groups is 1. The molecule has 0 spiro atoms. The Bertz CT molecular complexity index is 1450. The minimum Gasteiger partial charge on any atom is -0.485 e. The third-order valence-electron chi connectivity index (χ3n) is 6.81. The lowest BCUT2D eigenvalue weighted by atomic mass is 10.0. The summed E-state index contributed by atoms with van der Waals surface area (Å²) >= 11 is 3.35. The zero-order chi connectivity index (χ0) is 28.6. The van der Waals surface area contributed by atoms with E-state index >= 15 is 0 Å². The standard InChI is InChI=1S/C33H30BrNO6/c34-30(32(37)35-27(22-41-33(35)38)18-23-10-4-1-5-11-23)31(36)26-16-17-28(39-20-24-12-6-2-7-13-24)29(19-26)40-21-25-14-8-3-9-15-25/h1-17,19,27,30-31,36H,18,20-22H2/t27-,30-,31-/m1/s1. The summed E-state index contributed by atoms with van der Waals surface area (Å²) in [5, 5.41) is 11.2. The summed E-state index contributed by atoms with van der Waals surface area (Å²) in [4.78, 5) is 26.0. The van der Waals surface area contributed by atoms with E-state index in [1.165, 1.54) is 0 Å². The molecule has 1 N–H and O–H groups in total. The van der Waals surface area contributed by atoms with Crippen LogP contribution in [0.25, 0.3) is 0 Å². The summed E-state index contributed by atoms with van der Waals surface area (Å²) in [6.07, 6.45) is -1.53. The van der Waals surface area contributed by atoms with Crippen molar-refractivity contribution in [3.05, 3.63) is 131 Å². The maximum atomic E-state index is 13.5. The SMILES string of the molecule is O=C1OC[C@@H](Cc2ccccc2)N1C(=O)[C@H](Br)[C@H](O)c1ccc(OCc2ccccc2)c(OCc2ccccc2)c1. The molecule has 41 heavy (non-hydrogen) atoms. The topological polar surface area (TPSA) is 85.3 Å². The molecule has 0 aromatic heterocycles. The van der Waals surface area contributed by atoms with Crippen molar-refractivity contribution in [2.24, 2.45) is 0 Å². The van der Waals surface area contributed by atoms with E-state index in [4.69, 9.17) is 14.2 Å². The Hall–Kier alpha value is -4.14. The highest BCUT2D eigenvalue weighted by Gasteiger charge is 2.42. The molecule has 1 aliphatic rings. The van der Waals surface area contributed by atoms with E-state index in [0.717, 1.165) is 21.6 Å². The Morgan fingerprint density at radius 2 is 1.37 bits per heavy atom. The van der Waals surface area contributed by atoms with Crippen LogP contribution < -0.4 is 9.47 Å². The van der Waals surface area contributed by atoms with Crippen LogP contribution in [0.2, 0.25) is 0 Å². The van der Waals surface area contributed by atoms with Gasteiger partial charge in [-0.15, -0.1) is 0 Å². The quantitative estimate of drug-likeness (QED) is 0.201. The van der Waals surface area contributed by atoms with E-state index in [2.05, 4.69) is 15.9 Å². The second kappa shape index (κ2) is 13.5. The van der Waals surface area contributed by atoms with Gasteiger partial charge in [-0.25, -0.2) is 9.69 Å². The van der Waals surface area contributed by atoms with Gasteiger partial charge in [-0.2, -0.15) is 0 Å². The lowest BCUT2D eigenvalue weighted by molar-refractivity contribution is -0.130. The second-order valence-corrected chi connectivity index (χ2v) is 10.7. The Morgan fingerprint density at radius 1 is 0.829 bits per heavy atom. The normalized spacial score (nSPS) is 16.1. The van der Waals surface area contributed by atoms with Gasteiger partial charge in [-0.1, -0.05) is 113 Å². The first kappa shape index (κ1) is 28.4. The number of amides is 2. The Morgan fingerprint density at radius 3 is 1.95 bits per heavy atom. The van der Waals surface area contributed by atoms with Gasteiger partial charge >= 0.3 is 6.09 Å². The molecule has 3 atom stereocenters. The number of carbonyl (C=O) groups is 2. The van der Waals surface area contributed by atoms with Gasteiger partial charge in [0.15, 0.2) is 11.5 Å². The van der Waals surface area contributed by atoms with E-state index in [0.29, 0.717) is 36.7 Å². The van der Waals surface area contributed by atoms with Gasteiger partial charge in [-0.05, 0) is 40.8 Å². The molecule has 4 aromatic rings. The van der Waals surface area contributed by atoms with Crippen molar-refractivity contribution in [2.45, 2.75) is 36.6 Å². The van der Waals surface area contributed by atoms with E-state index in [1.807, 2.05) is 91.0 Å². The average molecular weight is 617 g/mol. The number of ether oxygens (including phenoxy) is 3. The maximum Gasteiger partial charge on any atom is 0.417 e. The molecule has 210 valence electrons. The van der Waals surface area contributed by atoms with Gasteiger partial charge in [-0.3, -0.25) is 4.79 Å². The molecule has 4 aromatic carbocycles. The lowest BCUT2D eigenvalue weighted by Gasteiger charge is -2.25. The van der Waals surface area contributed by atoms with Crippen molar-refractivity contribution >= 4 is 27.9 Å². The second-order valence-electron chi connectivity index (χ2n) is 9.73. The van der Waals surface area contributed by atoms with Crippen LogP contribution in [0.3, 0.4) is 0 Å². The molecule has 1 heterocycles. The summed E-state index contributed by atoms with van der Waals surface area (Å²) in [7, 11) is 0. The first-order valence-electron chi connectivity index (χ1n) is 13.3. The average Bonchev–Trinajstić information content (AvgIpc) is 3.38. The molecule has 0 bridgehead atoms. The van der Waals surface area contributed by atoms with Crippen molar-refractivity contribution < 1.29 is 28.9 Å². The number of hydrogen-bond donors (Lipinski definition) is 1. The number of carbonyl (C=O) groups excluding carboxylic acids is 2. The van der Waals surface area contributed by atoms with Gasteiger partial charge in [0.1, 0.15) is 30.8 Å². The van der Waals surface area contributed by atoms with Gasteiger partial charge in [0.25, 0.3) is 0 Å². The van der Waals surface area contributed by atoms with Crippen LogP contribution >= 0.6 is 15.9 Å². The number of hydrogen-bond acceptors (Lipinski definition) is 6. The van der Waals surface area contributed by atoms with Crippen LogP contribution in [0.1, 0.15) is 28.4 Å². The van der Waals surface area contributed by atoms with E-state index in [-0.39, 0.29) is 6.61 Å². The number of alkyl halides is 1. The monoisotopic (exact) mass is 615 g/mol. The molecule has 1 saturated heterocycles. The summed E-state index contributed by atoms with van der Waals surface area (Å²) in [5.74, 6) is 0.359. The van der Waals surface area contributed by atoms with Gasteiger partial charge in [0.2, 0.25) is 5.91 Å². The molecule has 7 nitrogen and oxygen atoms in total. The fraction of sp³-hybridized carbons (Fsp3) is 0.212. The van der Waals surface area contributed by atoms with Crippen molar-refractivity contribution in [3.63, 3.8) is 0 Å². The van der Waals surface area contributed by atoms with Gasteiger partial charge < -0.3 is 19.3 Å². The molecule has 8 heteroatoms. The van der Waals surface area contributed by atoms with E-state index < -0.39 is 29.0 Å². The van der Waals surface area contributed by atoms with Crippen molar-refractivity contribution in [2.75, 3.05) is 6.61 Å². The minimum atomic E-state index is -1.27. The van der Waals surface area contributed by atoms with Crippen molar-refractivity contribution in [1.29, 1.82) is 0 Å². The van der Waals surface area contributed by atoms with Gasteiger partial charge in [0, 0.05) is 0 Å². The van der Waals surface area contributed by atoms with Crippen LogP contribution in [0.15, 0.2) is 109 Å². The molecule has 0 saturated carbocycles. The predicted molar refractivity (Wildman–Crippen MR) is 158 cm³/mol. The maximum absolute atomic E-state index is 13.5. The molecule has 0 radical (unpaired) electrons. The number of nitrogens with zero attached hydrogens (tertiary/aromatic N) is 1. The number of aliphatic hydroxyl groups is 1. The van der Waals surface area contributed by atoms with Crippen molar-refractivity contribution in [1.82, 2.24) is 4.90 Å². The summed E-state index contributed by atoms with van der Waals surface area (Å²) in [6.45, 7) is 0.726.